The highest BCUT2D eigenvalue weighted by atomic mass is 79.9. The molecule has 0 spiro atoms. The normalized spacial score (nSPS) is 11.8. The van der Waals surface area contributed by atoms with Gasteiger partial charge in [-0.2, -0.15) is 5.10 Å². The molecule has 0 aliphatic carbocycles. The first-order chi connectivity index (χ1) is 16.2. The average molecular weight is 628 g/mol. The Bertz CT molecular complexity index is 1240. The fraction of sp³-hybridized carbons (Fsp3) is 0.125. The zero-order valence-corrected chi connectivity index (χ0v) is 22.5. The number of benzene rings is 3. The van der Waals surface area contributed by atoms with Gasteiger partial charge < -0.3 is 10.1 Å². The Morgan fingerprint density at radius 3 is 2.53 bits per heavy atom. The van der Waals surface area contributed by atoms with Crippen LogP contribution in [0.5, 0.6) is 5.75 Å². The van der Waals surface area contributed by atoms with E-state index in [0.717, 1.165) is 11.1 Å². The van der Waals surface area contributed by atoms with Crippen LogP contribution in [0.3, 0.4) is 0 Å². The van der Waals surface area contributed by atoms with Gasteiger partial charge in [-0.05, 0) is 86.8 Å². The Kier molecular flexibility index (Phi) is 9.53. The van der Waals surface area contributed by atoms with Crippen LogP contribution in [0.2, 0.25) is 10.0 Å². The molecule has 0 fully saturated rings. The molecule has 2 N–H and O–H groups in total. The average Bonchev–Trinajstić information content (AvgIpc) is 2.79. The summed E-state index contributed by atoms with van der Waals surface area (Å²) in [5, 5.41) is 7.70. The van der Waals surface area contributed by atoms with Gasteiger partial charge in [0.15, 0.2) is 0 Å². The zero-order valence-electron chi connectivity index (χ0n) is 17.8. The van der Waals surface area contributed by atoms with E-state index in [-0.39, 0.29) is 12.5 Å². The fourth-order valence-electron chi connectivity index (χ4n) is 2.76. The molecular weight excluding hydrogens is 609 g/mol. The summed E-state index contributed by atoms with van der Waals surface area (Å²) in [5.74, 6) is -0.190. The molecule has 2 amide bonds. The number of carbonyl (C=O) groups excluding carboxylic acids is 2. The van der Waals surface area contributed by atoms with Crippen molar-refractivity contribution in [3.05, 3.63) is 96.3 Å². The Balaban J connectivity index is 1.53. The van der Waals surface area contributed by atoms with Crippen molar-refractivity contribution in [2.75, 3.05) is 0 Å². The molecule has 0 saturated heterocycles. The molecule has 0 bridgehead atoms. The van der Waals surface area contributed by atoms with E-state index in [2.05, 4.69) is 47.7 Å². The van der Waals surface area contributed by atoms with Crippen LogP contribution < -0.4 is 15.5 Å². The number of halogens is 4. The maximum Gasteiger partial charge on any atom is 0.262 e. The zero-order chi connectivity index (χ0) is 24.7. The van der Waals surface area contributed by atoms with Gasteiger partial charge in [-0.1, -0.05) is 41.4 Å². The number of rotatable bonds is 8. The van der Waals surface area contributed by atoms with Crippen molar-refractivity contribution in [3.63, 3.8) is 0 Å². The van der Waals surface area contributed by atoms with Gasteiger partial charge in [0.25, 0.3) is 11.8 Å². The van der Waals surface area contributed by atoms with Gasteiger partial charge in [0.1, 0.15) is 18.4 Å². The summed E-state index contributed by atoms with van der Waals surface area (Å²) in [4.78, 5) is 24.6. The monoisotopic (exact) mass is 625 g/mol. The molecule has 34 heavy (non-hydrogen) atoms. The minimum Gasteiger partial charge on any atom is -0.488 e. The summed E-state index contributed by atoms with van der Waals surface area (Å²) in [6.45, 7) is 1.86. The Labute approximate surface area is 223 Å². The predicted molar refractivity (Wildman–Crippen MR) is 142 cm³/mol. The van der Waals surface area contributed by atoms with Gasteiger partial charge in [0.2, 0.25) is 0 Å². The summed E-state index contributed by atoms with van der Waals surface area (Å²) in [6.07, 6.45) is 1.49. The van der Waals surface area contributed by atoms with Crippen molar-refractivity contribution in [3.8, 4) is 5.75 Å². The number of hydrazone groups is 1. The van der Waals surface area contributed by atoms with Crippen LogP contribution in [0.1, 0.15) is 28.4 Å². The van der Waals surface area contributed by atoms with Crippen LogP contribution in [-0.2, 0) is 11.4 Å². The second-order valence-corrected chi connectivity index (χ2v) is 9.68. The molecule has 0 saturated carbocycles. The number of amides is 2. The van der Waals surface area contributed by atoms with E-state index in [4.69, 9.17) is 27.9 Å². The molecule has 0 heterocycles. The first-order valence-electron chi connectivity index (χ1n) is 9.99. The van der Waals surface area contributed by atoms with Crippen LogP contribution in [-0.4, -0.2) is 24.1 Å². The number of hydrogen-bond donors (Lipinski definition) is 2. The fourth-order valence-corrected chi connectivity index (χ4v) is 4.20. The van der Waals surface area contributed by atoms with Gasteiger partial charge in [0, 0.05) is 20.1 Å². The summed E-state index contributed by atoms with van der Waals surface area (Å²) < 4.78 is 7.18. The van der Waals surface area contributed by atoms with Crippen LogP contribution in [0.15, 0.2) is 74.7 Å². The lowest BCUT2D eigenvalue weighted by Gasteiger charge is -2.13. The lowest BCUT2D eigenvalue weighted by molar-refractivity contribution is -0.122. The van der Waals surface area contributed by atoms with Crippen molar-refractivity contribution >= 4 is 73.1 Å². The molecular formula is C24H19Br2Cl2N3O3. The summed E-state index contributed by atoms with van der Waals surface area (Å²) in [6, 6.07) is 16.8. The number of ether oxygens (including phenoxy) is 1. The SMILES string of the molecule is CC(NC(=O)c1ccccc1Br)C(=O)NN=Cc1ccc(OCc2ccc(Cl)cc2Cl)c(Br)c1. The standard InChI is InChI=1S/C24H19Br2Cl2N3O3/c1-14(30-24(33)18-4-2-3-5-19(18)25)23(32)31-29-12-15-6-9-22(20(26)10-15)34-13-16-7-8-17(27)11-21(16)28/h2-12,14H,13H2,1H3,(H,30,33)(H,31,32). The third-order valence-electron chi connectivity index (χ3n) is 4.60. The van der Waals surface area contributed by atoms with Crippen LogP contribution in [0, 0.1) is 0 Å². The smallest absolute Gasteiger partial charge is 0.262 e. The lowest BCUT2D eigenvalue weighted by Crippen LogP contribution is -2.43. The third-order valence-corrected chi connectivity index (χ3v) is 6.50. The molecule has 3 aromatic rings. The van der Waals surface area contributed by atoms with Crippen molar-refractivity contribution in [2.45, 2.75) is 19.6 Å². The highest BCUT2D eigenvalue weighted by Gasteiger charge is 2.17. The number of carbonyl (C=O) groups is 2. The minimum atomic E-state index is -0.779. The van der Waals surface area contributed by atoms with Gasteiger partial charge in [-0.25, -0.2) is 5.43 Å². The van der Waals surface area contributed by atoms with E-state index in [1.165, 1.54) is 6.21 Å². The highest BCUT2D eigenvalue weighted by molar-refractivity contribution is 9.10. The van der Waals surface area contributed by atoms with Crippen LogP contribution in [0.4, 0.5) is 0 Å². The molecule has 3 aromatic carbocycles. The van der Waals surface area contributed by atoms with E-state index in [9.17, 15) is 9.59 Å². The molecule has 1 unspecified atom stereocenters. The quantitative estimate of drug-likeness (QED) is 0.225. The van der Waals surface area contributed by atoms with Crippen molar-refractivity contribution < 1.29 is 14.3 Å². The van der Waals surface area contributed by atoms with Gasteiger partial charge in [-0.15, -0.1) is 0 Å². The van der Waals surface area contributed by atoms with Crippen LogP contribution in [0.25, 0.3) is 0 Å². The summed E-state index contributed by atoms with van der Waals surface area (Å²) in [5.41, 5.74) is 4.41. The molecule has 3 rings (SSSR count). The molecule has 0 aromatic heterocycles. The lowest BCUT2D eigenvalue weighted by atomic mass is 10.2. The first kappa shape index (κ1) is 26.2. The van der Waals surface area contributed by atoms with Gasteiger partial charge in [-0.3, -0.25) is 9.59 Å². The minimum absolute atomic E-state index is 0.279. The summed E-state index contributed by atoms with van der Waals surface area (Å²) in [7, 11) is 0. The van der Waals surface area contributed by atoms with Crippen molar-refractivity contribution in [1.82, 2.24) is 10.7 Å². The van der Waals surface area contributed by atoms with E-state index in [1.807, 2.05) is 6.07 Å². The maximum absolute atomic E-state index is 12.3. The number of nitrogens with one attached hydrogen (secondary N) is 2. The topological polar surface area (TPSA) is 79.8 Å². The number of nitrogens with zero attached hydrogens (tertiary/aromatic N) is 1. The second-order valence-electron chi connectivity index (χ2n) is 7.12. The van der Waals surface area contributed by atoms with Crippen molar-refractivity contribution in [2.24, 2.45) is 5.10 Å². The molecule has 0 radical (unpaired) electrons. The summed E-state index contributed by atoms with van der Waals surface area (Å²) >= 11 is 18.9. The number of hydrogen-bond acceptors (Lipinski definition) is 4. The molecule has 1 atom stereocenters. The molecule has 6 nitrogen and oxygen atoms in total. The Hall–Kier alpha value is -2.39. The molecule has 0 aliphatic heterocycles. The van der Waals surface area contributed by atoms with Gasteiger partial charge in [0.05, 0.1) is 16.3 Å². The largest absolute Gasteiger partial charge is 0.488 e. The van der Waals surface area contributed by atoms with E-state index in [0.29, 0.717) is 30.3 Å². The molecule has 0 aliphatic rings. The van der Waals surface area contributed by atoms with E-state index >= 15 is 0 Å². The first-order valence-corrected chi connectivity index (χ1v) is 12.3. The maximum atomic E-state index is 12.3. The Morgan fingerprint density at radius 1 is 1.06 bits per heavy atom. The van der Waals surface area contributed by atoms with E-state index in [1.54, 1.807) is 61.5 Å². The Morgan fingerprint density at radius 2 is 1.82 bits per heavy atom. The molecule has 10 heteroatoms. The van der Waals surface area contributed by atoms with Crippen molar-refractivity contribution in [1.29, 1.82) is 0 Å². The molecule has 176 valence electrons. The van der Waals surface area contributed by atoms with E-state index < -0.39 is 11.9 Å². The highest BCUT2D eigenvalue weighted by Crippen LogP contribution is 2.28. The third kappa shape index (κ3) is 7.30. The predicted octanol–water partition coefficient (Wildman–Crippen LogP) is 6.37. The van der Waals surface area contributed by atoms with Crippen LogP contribution >= 0.6 is 55.1 Å². The van der Waals surface area contributed by atoms with Gasteiger partial charge >= 0.3 is 0 Å². The second kappa shape index (κ2) is 12.4.